The van der Waals surface area contributed by atoms with Crippen molar-refractivity contribution >= 4 is 17.5 Å². The minimum absolute atomic E-state index is 0.148. The van der Waals surface area contributed by atoms with E-state index in [1.165, 1.54) is 0 Å². The minimum Gasteiger partial charge on any atom is -0.490 e. The molecule has 0 aliphatic carbocycles. The topological polar surface area (TPSA) is 67.8 Å². The molecule has 1 rings (SSSR count). The second kappa shape index (κ2) is 7.52. The molecule has 1 amide bonds. The molecule has 0 bridgehead atoms. The highest BCUT2D eigenvalue weighted by Crippen LogP contribution is 2.36. The summed E-state index contributed by atoms with van der Waals surface area (Å²) < 4.78 is 10.9. The summed E-state index contributed by atoms with van der Waals surface area (Å²) >= 11 is 6.12. The third-order valence-electron chi connectivity index (χ3n) is 2.41. The van der Waals surface area contributed by atoms with Crippen molar-refractivity contribution in [2.24, 2.45) is 0 Å². The van der Waals surface area contributed by atoms with Gasteiger partial charge in [0.15, 0.2) is 18.1 Å². The van der Waals surface area contributed by atoms with Crippen molar-refractivity contribution < 1.29 is 19.4 Å². The molecule has 1 aromatic rings. The Morgan fingerprint density at radius 1 is 1.33 bits per heavy atom. The zero-order valence-corrected chi connectivity index (χ0v) is 13.6. The van der Waals surface area contributed by atoms with Gasteiger partial charge in [-0.3, -0.25) is 4.79 Å². The number of ether oxygens (including phenoxy) is 2. The maximum absolute atomic E-state index is 11.8. The molecule has 2 N–H and O–H groups in total. The van der Waals surface area contributed by atoms with Crippen molar-refractivity contribution in [2.75, 3.05) is 13.2 Å². The lowest BCUT2D eigenvalue weighted by Crippen LogP contribution is -2.43. The molecular weight excluding hydrogens is 294 g/mol. The van der Waals surface area contributed by atoms with E-state index in [0.717, 1.165) is 0 Å². The van der Waals surface area contributed by atoms with Crippen LogP contribution in [0.4, 0.5) is 0 Å². The van der Waals surface area contributed by atoms with Crippen LogP contribution in [0.25, 0.3) is 0 Å². The first-order valence-electron chi connectivity index (χ1n) is 6.76. The molecule has 5 nitrogen and oxygen atoms in total. The van der Waals surface area contributed by atoms with Gasteiger partial charge < -0.3 is 19.9 Å². The van der Waals surface area contributed by atoms with Gasteiger partial charge >= 0.3 is 0 Å². The molecule has 118 valence electrons. The van der Waals surface area contributed by atoms with Crippen molar-refractivity contribution in [1.29, 1.82) is 0 Å². The van der Waals surface area contributed by atoms with E-state index in [1.807, 2.05) is 27.7 Å². The summed E-state index contributed by atoms with van der Waals surface area (Å²) in [5.41, 5.74) is 0.295. The Kier molecular flexibility index (Phi) is 6.30. The first-order valence-corrected chi connectivity index (χ1v) is 7.14. The number of rotatable bonds is 6. The van der Waals surface area contributed by atoms with Gasteiger partial charge in [0.1, 0.15) is 0 Å². The number of aliphatic hydroxyl groups excluding tert-OH is 1. The fourth-order valence-electron chi connectivity index (χ4n) is 1.71. The van der Waals surface area contributed by atoms with Crippen LogP contribution in [0.1, 0.15) is 33.3 Å². The Morgan fingerprint density at radius 3 is 2.52 bits per heavy atom. The molecule has 0 heterocycles. The van der Waals surface area contributed by atoms with Crippen molar-refractivity contribution in [2.45, 2.75) is 39.8 Å². The normalized spacial score (nSPS) is 11.1. The number of benzene rings is 1. The number of aliphatic hydroxyl groups is 1. The molecule has 21 heavy (non-hydrogen) atoms. The smallest absolute Gasteiger partial charge is 0.258 e. The summed E-state index contributed by atoms with van der Waals surface area (Å²) in [6.45, 7) is 7.62. The van der Waals surface area contributed by atoms with Crippen LogP contribution >= 0.6 is 11.6 Å². The summed E-state index contributed by atoms with van der Waals surface area (Å²) in [6.07, 6.45) is 0. The van der Waals surface area contributed by atoms with Crippen molar-refractivity contribution in [3.63, 3.8) is 0 Å². The predicted octanol–water partition coefficient (Wildman–Crippen LogP) is 2.52. The Balaban J connectivity index is 2.84. The largest absolute Gasteiger partial charge is 0.490 e. The Morgan fingerprint density at radius 2 is 2.00 bits per heavy atom. The second-order valence-corrected chi connectivity index (χ2v) is 5.99. The number of carbonyl (C=O) groups is 1. The lowest BCUT2D eigenvalue weighted by atomic mass is 10.1. The van der Waals surface area contributed by atoms with Gasteiger partial charge in [-0.15, -0.1) is 0 Å². The van der Waals surface area contributed by atoms with Gasteiger partial charge in [0.05, 0.1) is 18.2 Å². The SMILES string of the molecule is CCOc1cc(CO)cc(Cl)c1OCC(=O)NC(C)(C)C. The molecule has 0 spiro atoms. The maximum Gasteiger partial charge on any atom is 0.258 e. The molecule has 0 radical (unpaired) electrons. The average Bonchev–Trinajstić information content (AvgIpc) is 2.35. The highest BCUT2D eigenvalue weighted by Gasteiger charge is 2.17. The number of nitrogens with one attached hydrogen (secondary N) is 1. The van der Waals surface area contributed by atoms with Gasteiger partial charge in [-0.1, -0.05) is 11.6 Å². The van der Waals surface area contributed by atoms with Gasteiger partial charge in [-0.05, 0) is 45.4 Å². The molecule has 0 unspecified atom stereocenters. The minimum atomic E-state index is -0.326. The predicted molar refractivity (Wildman–Crippen MR) is 81.9 cm³/mol. The molecule has 0 saturated heterocycles. The number of carbonyl (C=O) groups excluding carboxylic acids is 1. The van der Waals surface area contributed by atoms with Crippen LogP contribution in [0.3, 0.4) is 0 Å². The van der Waals surface area contributed by atoms with Gasteiger partial charge in [0, 0.05) is 5.54 Å². The van der Waals surface area contributed by atoms with E-state index in [0.29, 0.717) is 28.7 Å². The van der Waals surface area contributed by atoms with Crippen LogP contribution < -0.4 is 14.8 Å². The lowest BCUT2D eigenvalue weighted by Gasteiger charge is -2.21. The first kappa shape index (κ1) is 17.6. The van der Waals surface area contributed by atoms with Crippen molar-refractivity contribution in [3.05, 3.63) is 22.7 Å². The number of hydrogen-bond donors (Lipinski definition) is 2. The van der Waals surface area contributed by atoms with Crippen LogP contribution in [-0.4, -0.2) is 29.8 Å². The zero-order chi connectivity index (χ0) is 16.0. The van der Waals surface area contributed by atoms with Crippen LogP contribution in [0.2, 0.25) is 5.02 Å². The molecule has 0 aliphatic rings. The van der Waals surface area contributed by atoms with Crippen LogP contribution in [-0.2, 0) is 11.4 Å². The van der Waals surface area contributed by atoms with E-state index in [1.54, 1.807) is 12.1 Å². The highest BCUT2D eigenvalue weighted by molar-refractivity contribution is 6.32. The van der Waals surface area contributed by atoms with E-state index in [9.17, 15) is 9.90 Å². The number of hydrogen-bond acceptors (Lipinski definition) is 4. The maximum atomic E-state index is 11.8. The summed E-state index contributed by atoms with van der Waals surface area (Å²) in [4.78, 5) is 11.8. The average molecular weight is 316 g/mol. The van der Waals surface area contributed by atoms with E-state index in [-0.39, 0.29) is 24.7 Å². The third-order valence-corrected chi connectivity index (χ3v) is 2.69. The van der Waals surface area contributed by atoms with Crippen molar-refractivity contribution in [3.8, 4) is 11.5 Å². The number of halogens is 1. The first-order chi connectivity index (χ1) is 9.76. The molecule has 0 saturated carbocycles. The summed E-state index contributed by atoms with van der Waals surface area (Å²) in [6, 6.07) is 3.23. The fourth-order valence-corrected chi connectivity index (χ4v) is 2.00. The molecular formula is C15H22ClNO4. The lowest BCUT2D eigenvalue weighted by molar-refractivity contribution is -0.124. The number of amides is 1. The molecule has 0 aliphatic heterocycles. The van der Waals surface area contributed by atoms with Crippen LogP contribution in [0.15, 0.2) is 12.1 Å². The Hall–Kier alpha value is -1.46. The second-order valence-electron chi connectivity index (χ2n) is 5.58. The van der Waals surface area contributed by atoms with E-state index in [2.05, 4.69) is 5.32 Å². The summed E-state index contributed by atoms with van der Waals surface area (Å²) in [5, 5.41) is 12.3. The highest BCUT2D eigenvalue weighted by atomic mass is 35.5. The molecule has 6 heteroatoms. The third kappa shape index (κ3) is 5.81. The summed E-state index contributed by atoms with van der Waals surface area (Å²) in [7, 11) is 0. The van der Waals surface area contributed by atoms with Crippen LogP contribution in [0.5, 0.6) is 11.5 Å². The quantitative estimate of drug-likeness (QED) is 0.846. The van der Waals surface area contributed by atoms with E-state index in [4.69, 9.17) is 21.1 Å². The standard InChI is InChI=1S/C15H22ClNO4/c1-5-20-12-7-10(8-18)6-11(16)14(12)21-9-13(19)17-15(2,3)4/h6-7,18H,5,8-9H2,1-4H3,(H,17,19). The molecule has 0 atom stereocenters. The molecule has 0 aromatic heterocycles. The van der Waals surface area contributed by atoms with E-state index >= 15 is 0 Å². The Labute approximate surface area is 130 Å². The van der Waals surface area contributed by atoms with Crippen molar-refractivity contribution in [1.82, 2.24) is 5.32 Å². The van der Waals surface area contributed by atoms with Crippen LogP contribution in [0, 0.1) is 0 Å². The summed E-state index contributed by atoms with van der Waals surface area (Å²) in [5.74, 6) is 0.477. The monoisotopic (exact) mass is 315 g/mol. The molecule has 0 fully saturated rings. The van der Waals surface area contributed by atoms with Gasteiger partial charge in [0.2, 0.25) is 0 Å². The fraction of sp³-hybridized carbons (Fsp3) is 0.533. The zero-order valence-electron chi connectivity index (χ0n) is 12.8. The van der Waals surface area contributed by atoms with Gasteiger partial charge in [-0.25, -0.2) is 0 Å². The van der Waals surface area contributed by atoms with Gasteiger partial charge in [-0.2, -0.15) is 0 Å². The van der Waals surface area contributed by atoms with E-state index < -0.39 is 0 Å². The molecule has 1 aromatic carbocycles. The Bertz CT molecular complexity index is 497. The van der Waals surface area contributed by atoms with Gasteiger partial charge in [0.25, 0.3) is 5.91 Å².